The van der Waals surface area contributed by atoms with E-state index in [4.69, 9.17) is 9.15 Å². The molecular formula is C12H16N2O3. The summed E-state index contributed by atoms with van der Waals surface area (Å²) in [7, 11) is 0. The van der Waals surface area contributed by atoms with E-state index in [2.05, 4.69) is 17.2 Å². The second-order valence-corrected chi connectivity index (χ2v) is 3.75. The van der Waals surface area contributed by atoms with Crippen LogP contribution in [0.4, 0.5) is 0 Å². The number of H-pyrrole nitrogens is 1. The molecule has 2 N–H and O–H groups in total. The van der Waals surface area contributed by atoms with Gasteiger partial charge in [0.1, 0.15) is 6.61 Å². The van der Waals surface area contributed by atoms with Gasteiger partial charge in [-0.05, 0) is 25.1 Å². The fourth-order valence-corrected chi connectivity index (χ4v) is 1.60. The molecule has 1 heterocycles. The number of benzene rings is 1. The molecule has 5 nitrogen and oxygen atoms in total. The maximum Gasteiger partial charge on any atom is 0.417 e. The standard InChI is InChI=1S/C12H16N2O3/c1-2-6-13-7-8-16-10-5-3-4-9-11(10)17-12(15)14-9/h3-5,13H,2,6-8H2,1H3,(H,14,15). The summed E-state index contributed by atoms with van der Waals surface area (Å²) in [5, 5.41) is 3.23. The summed E-state index contributed by atoms with van der Waals surface area (Å²) in [6, 6.07) is 5.39. The fourth-order valence-electron chi connectivity index (χ4n) is 1.60. The Hall–Kier alpha value is -1.75. The van der Waals surface area contributed by atoms with Crippen molar-refractivity contribution < 1.29 is 9.15 Å². The molecule has 1 aromatic carbocycles. The van der Waals surface area contributed by atoms with Gasteiger partial charge in [0.15, 0.2) is 11.3 Å². The first-order valence-corrected chi connectivity index (χ1v) is 5.76. The molecule has 0 aliphatic carbocycles. The van der Waals surface area contributed by atoms with Crippen LogP contribution in [0.1, 0.15) is 13.3 Å². The van der Waals surface area contributed by atoms with Gasteiger partial charge in [-0.3, -0.25) is 4.98 Å². The number of rotatable bonds is 6. The van der Waals surface area contributed by atoms with Gasteiger partial charge in [0.05, 0.1) is 5.52 Å². The van der Waals surface area contributed by atoms with Crippen LogP contribution >= 0.6 is 0 Å². The van der Waals surface area contributed by atoms with Gasteiger partial charge in [-0.25, -0.2) is 4.79 Å². The smallest absolute Gasteiger partial charge is 0.417 e. The summed E-state index contributed by atoms with van der Waals surface area (Å²) in [5.41, 5.74) is 1.14. The van der Waals surface area contributed by atoms with Crippen LogP contribution in [0.2, 0.25) is 0 Å². The molecule has 5 heteroatoms. The lowest BCUT2D eigenvalue weighted by Crippen LogP contribution is -2.21. The number of para-hydroxylation sites is 1. The van der Waals surface area contributed by atoms with Gasteiger partial charge in [-0.2, -0.15) is 0 Å². The maximum atomic E-state index is 11.1. The van der Waals surface area contributed by atoms with Crippen LogP contribution in [0.15, 0.2) is 27.4 Å². The highest BCUT2D eigenvalue weighted by Gasteiger charge is 2.06. The van der Waals surface area contributed by atoms with Gasteiger partial charge in [0.25, 0.3) is 0 Å². The van der Waals surface area contributed by atoms with Gasteiger partial charge in [-0.1, -0.05) is 13.0 Å². The summed E-state index contributed by atoms with van der Waals surface area (Å²) in [5.74, 6) is 0.138. The zero-order valence-electron chi connectivity index (χ0n) is 9.79. The third-order valence-corrected chi connectivity index (χ3v) is 2.37. The lowest BCUT2D eigenvalue weighted by atomic mass is 10.3. The number of ether oxygens (including phenoxy) is 1. The van der Waals surface area contributed by atoms with Crippen molar-refractivity contribution in [3.8, 4) is 5.75 Å². The Morgan fingerprint density at radius 1 is 1.41 bits per heavy atom. The van der Waals surface area contributed by atoms with Crippen molar-refractivity contribution in [3.63, 3.8) is 0 Å². The quantitative estimate of drug-likeness (QED) is 0.746. The molecule has 1 aromatic heterocycles. The number of oxazole rings is 1. The number of nitrogens with one attached hydrogen (secondary N) is 2. The average Bonchev–Trinajstić information content (AvgIpc) is 2.70. The Balaban J connectivity index is 2.00. The largest absolute Gasteiger partial charge is 0.488 e. The first-order valence-electron chi connectivity index (χ1n) is 5.76. The molecule has 0 amide bonds. The van der Waals surface area contributed by atoms with E-state index in [1.807, 2.05) is 6.07 Å². The predicted octanol–water partition coefficient (Wildman–Crippen LogP) is 1.50. The molecule has 0 radical (unpaired) electrons. The van der Waals surface area contributed by atoms with Crippen molar-refractivity contribution in [2.75, 3.05) is 19.7 Å². The Kier molecular flexibility index (Phi) is 3.82. The zero-order chi connectivity index (χ0) is 12.1. The highest BCUT2D eigenvalue weighted by molar-refractivity contribution is 5.78. The Bertz CT molecular complexity index is 530. The third-order valence-electron chi connectivity index (χ3n) is 2.37. The van der Waals surface area contributed by atoms with E-state index >= 15 is 0 Å². The molecular weight excluding hydrogens is 220 g/mol. The molecule has 2 rings (SSSR count). The van der Waals surface area contributed by atoms with E-state index in [0.717, 1.165) is 19.5 Å². The van der Waals surface area contributed by atoms with E-state index in [0.29, 0.717) is 23.5 Å². The highest BCUT2D eigenvalue weighted by atomic mass is 16.5. The summed E-state index contributed by atoms with van der Waals surface area (Å²) < 4.78 is 10.6. The molecule has 0 atom stereocenters. The molecule has 0 saturated heterocycles. The average molecular weight is 236 g/mol. The van der Waals surface area contributed by atoms with E-state index in [-0.39, 0.29) is 0 Å². The second-order valence-electron chi connectivity index (χ2n) is 3.75. The normalized spacial score (nSPS) is 10.9. The second kappa shape index (κ2) is 5.54. The van der Waals surface area contributed by atoms with Crippen LogP contribution in [0.25, 0.3) is 11.1 Å². The minimum Gasteiger partial charge on any atom is -0.488 e. The number of hydrogen-bond acceptors (Lipinski definition) is 4. The SMILES string of the molecule is CCCNCCOc1cccc2[nH]c(=O)oc12. The van der Waals surface area contributed by atoms with E-state index in [1.165, 1.54) is 0 Å². The zero-order valence-corrected chi connectivity index (χ0v) is 9.79. The topological polar surface area (TPSA) is 67.3 Å². The minimum absolute atomic E-state index is 0.458. The van der Waals surface area contributed by atoms with Crippen LogP contribution < -0.4 is 15.8 Å². The number of hydrogen-bond donors (Lipinski definition) is 2. The fraction of sp³-hybridized carbons (Fsp3) is 0.417. The molecule has 0 spiro atoms. The molecule has 0 fully saturated rings. The van der Waals surface area contributed by atoms with Crippen molar-refractivity contribution in [2.45, 2.75) is 13.3 Å². The lowest BCUT2D eigenvalue weighted by molar-refractivity contribution is 0.312. The van der Waals surface area contributed by atoms with Gasteiger partial charge in [-0.15, -0.1) is 0 Å². The molecule has 92 valence electrons. The van der Waals surface area contributed by atoms with Crippen molar-refractivity contribution in [3.05, 3.63) is 28.7 Å². The van der Waals surface area contributed by atoms with Crippen LogP contribution in [-0.2, 0) is 0 Å². The molecule has 0 bridgehead atoms. The van der Waals surface area contributed by atoms with Crippen LogP contribution in [0.5, 0.6) is 5.75 Å². The monoisotopic (exact) mass is 236 g/mol. The number of aromatic nitrogens is 1. The van der Waals surface area contributed by atoms with Crippen LogP contribution in [0, 0.1) is 0 Å². The molecule has 17 heavy (non-hydrogen) atoms. The van der Waals surface area contributed by atoms with Crippen LogP contribution in [-0.4, -0.2) is 24.7 Å². The van der Waals surface area contributed by atoms with Crippen molar-refractivity contribution in [2.24, 2.45) is 0 Å². The van der Waals surface area contributed by atoms with Gasteiger partial charge in [0, 0.05) is 6.54 Å². The number of aromatic amines is 1. The first-order chi connectivity index (χ1) is 8.31. The van der Waals surface area contributed by atoms with E-state index < -0.39 is 5.76 Å². The molecule has 0 aliphatic heterocycles. The Morgan fingerprint density at radius 3 is 3.12 bits per heavy atom. The third kappa shape index (κ3) is 2.88. The number of fused-ring (bicyclic) bond motifs is 1. The van der Waals surface area contributed by atoms with Crippen LogP contribution in [0.3, 0.4) is 0 Å². The summed E-state index contributed by atoms with van der Waals surface area (Å²) in [4.78, 5) is 13.7. The first kappa shape index (κ1) is 11.7. The summed E-state index contributed by atoms with van der Waals surface area (Å²) in [6.45, 7) is 4.42. The van der Waals surface area contributed by atoms with Crippen molar-refractivity contribution in [1.82, 2.24) is 10.3 Å². The van der Waals surface area contributed by atoms with Gasteiger partial charge >= 0.3 is 5.76 Å². The Labute approximate surface area is 98.8 Å². The van der Waals surface area contributed by atoms with E-state index in [1.54, 1.807) is 12.1 Å². The minimum atomic E-state index is -0.458. The summed E-state index contributed by atoms with van der Waals surface area (Å²) >= 11 is 0. The predicted molar refractivity (Wildman–Crippen MR) is 65.5 cm³/mol. The maximum absolute atomic E-state index is 11.1. The van der Waals surface area contributed by atoms with Crippen molar-refractivity contribution >= 4 is 11.1 Å². The lowest BCUT2D eigenvalue weighted by Gasteiger charge is -2.06. The molecule has 0 aliphatic rings. The summed E-state index contributed by atoms with van der Waals surface area (Å²) in [6.07, 6.45) is 1.10. The molecule has 0 unspecified atom stereocenters. The Morgan fingerprint density at radius 2 is 2.29 bits per heavy atom. The van der Waals surface area contributed by atoms with Gasteiger partial charge < -0.3 is 14.5 Å². The highest BCUT2D eigenvalue weighted by Crippen LogP contribution is 2.22. The van der Waals surface area contributed by atoms with E-state index in [9.17, 15) is 4.79 Å². The van der Waals surface area contributed by atoms with Crippen molar-refractivity contribution in [1.29, 1.82) is 0 Å². The van der Waals surface area contributed by atoms with Gasteiger partial charge in [0.2, 0.25) is 0 Å². The molecule has 2 aromatic rings. The molecule has 0 saturated carbocycles.